The topological polar surface area (TPSA) is 0 Å². The molecule has 1 aliphatic carbocycles. The van der Waals surface area contributed by atoms with Gasteiger partial charge in [0.1, 0.15) is 0 Å². The average molecular weight is 483 g/mol. The van der Waals surface area contributed by atoms with Crippen LogP contribution < -0.4 is 0 Å². The van der Waals surface area contributed by atoms with Crippen LogP contribution in [0, 0.1) is 11.6 Å². The molecule has 37 heavy (non-hydrogen) atoms. The quantitative estimate of drug-likeness (QED) is 0.215. The van der Waals surface area contributed by atoms with Crippen LogP contribution in [0.15, 0.2) is 109 Å². The molecule has 0 unspecified atom stereocenters. The molecule has 0 radical (unpaired) electrons. The molecular formula is C35H24F2. The molecule has 0 fully saturated rings. The van der Waals surface area contributed by atoms with E-state index in [1.165, 1.54) is 23.3 Å². The zero-order valence-corrected chi connectivity index (χ0v) is 20.6. The Labute approximate surface area is 214 Å². The summed E-state index contributed by atoms with van der Waals surface area (Å²) in [6.45, 7) is 4.43. The zero-order valence-electron chi connectivity index (χ0n) is 20.6. The van der Waals surface area contributed by atoms with Crippen molar-refractivity contribution in [2.75, 3.05) is 0 Å². The smallest absolute Gasteiger partial charge is 0.159 e. The lowest BCUT2D eigenvalue weighted by molar-refractivity contribution is 0.509. The van der Waals surface area contributed by atoms with Gasteiger partial charge in [0, 0.05) is 5.41 Å². The first-order chi connectivity index (χ1) is 17.9. The third-order valence-electron chi connectivity index (χ3n) is 7.99. The van der Waals surface area contributed by atoms with Gasteiger partial charge in [-0.25, -0.2) is 8.78 Å². The second-order valence-electron chi connectivity index (χ2n) is 10.4. The molecule has 178 valence electrons. The molecule has 0 saturated heterocycles. The Morgan fingerprint density at radius 3 is 1.76 bits per heavy atom. The van der Waals surface area contributed by atoms with Crippen molar-refractivity contribution in [3.8, 4) is 33.4 Å². The van der Waals surface area contributed by atoms with Gasteiger partial charge in [0.25, 0.3) is 0 Å². The third kappa shape index (κ3) is 3.12. The lowest BCUT2D eigenvalue weighted by Gasteiger charge is -2.25. The SMILES string of the molecule is CC1(C)c2ccccc2-c2cccc(-c3cc(F)c(F)cc3-c3cc4ccccc4c4ccccc34)c21. The molecule has 0 aliphatic heterocycles. The highest BCUT2D eigenvalue weighted by Crippen LogP contribution is 2.53. The second-order valence-corrected chi connectivity index (χ2v) is 10.4. The molecule has 0 aromatic heterocycles. The molecule has 0 amide bonds. The van der Waals surface area contributed by atoms with E-state index in [-0.39, 0.29) is 5.41 Å². The Bertz CT molecular complexity index is 1880. The van der Waals surface area contributed by atoms with Crippen LogP contribution in [0.1, 0.15) is 25.0 Å². The largest absolute Gasteiger partial charge is 0.204 e. The predicted octanol–water partition coefficient (Wildman–Crippen LogP) is 9.91. The first kappa shape index (κ1) is 21.9. The lowest BCUT2D eigenvalue weighted by atomic mass is 9.77. The summed E-state index contributed by atoms with van der Waals surface area (Å²) in [7, 11) is 0. The van der Waals surface area contributed by atoms with E-state index < -0.39 is 11.6 Å². The van der Waals surface area contributed by atoms with Crippen LogP contribution >= 0.6 is 0 Å². The first-order valence-corrected chi connectivity index (χ1v) is 12.6. The van der Waals surface area contributed by atoms with Crippen molar-refractivity contribution in [2.24, 2.45) is 0 Å². The number of benzene rings is 6. The van der Waals surface area contributed by atoms with Gasteiger partial charge in [0.2, 0.25) is 0 Å². The van der Waals surface area contributed by atoms with E-state index in [4.69, 9.17) is 0 Å². The van der Waals surface area contributed by atoms with Crippen molar-refractivity contribution in [3.63, 3.8) is 0 Å². The molecule has 0 heterocycles. The van der Waals surface area contributed by atoms with E-state index in [2.05, 4.69) is 74.5 Å². The maximum atomic E-state index is 15.0. The van der Waals surface area contributed by atoms with Crippen LogP contribution in [0.2, 0.25) is 0 Å². The van der Waals surface area contributed by atoms with Crippen molar-refractivity contribution in [2.45, 2.75) is 19.3 Å². The number of halogens is 2. The molecular weight excluding hydrogens is 458 g/mol. The maximum absolute atomic E-state index is 15.0. The fraction of sp³-hybridized carbons (Fsp3) is 0.0857. The van der Waals surface area contributed by atoms with Gasteiger partial charge >= 0.3 is 0 Å². The highest BCUT2D eigenvalue weighted by atomic mass is 19.2. The number of hydrogen-bond donors (Lipinski definition) is 0. The first-order valence-electron chi connectivity index (χ1n) is 12.6. The molecule has 7 rings (SSSR count). The van der Waals surface area contributed by atoms with Gasteiger partial charge in [-0.05, 0) is 84.3 Å². The van der Waals surface area contributed by atoms with Gasteiger partial charge in [-0.15, -0.1) is 0 Å². The van der Waals surface area contributed by atoms with E-state index >= 15 is 0 Å². The summed E-state index contributed by atoms with van der Waals surface area (Å²) < 4.78 is 29.9. The second kappa shape index (κ2) is 7.85. The minimum atomic E-state index is -0.842. The minimum absolute atomic E-state index is 0.282. The fourth-order valence-corrected chi connectivity index (χ4v) is 6.34. The summed E-state index contributed by atoms with van der Waals surface area (Å²) in [5, 5.41) is 4.32. The standard InChI is InChI=1S/C35H24F2/c1-35(2)31-17-8-7-14-25(31)26-15-9-16-27(34(26)35)29-19-32(36)33(37)20-30(29)28-18-21-10-3-4-11-22(21)23-12-5-6-13-24(23)28/h3-20H,1-2H3. The number of hydrogen-bond acceptors (Lipinski definition) is 0. The number of fused-ring (bicyclic) bond motifs is 6. The summed E-state index contributed by atoms with van der Waals surface area (Å²) in [5.74, 6) is -1.68. The van der Waals surface area contributed by atoms with E-state index in [0.717, 1.165) is 43.8 Å². The van der Waals surface area contributed by atoms with Crippen LogP contribution in [0.4, 0.5) is 8.78 Å². The normalized spacial score (nSPS) is 13.6. The van der Waals surface area contributed by atoms with Crippen molar-refractivity contribution >= 4 is 21.5 Å². The van der Waals surface area contributed by atoms with Crippen molar-refractivity contribution < 1.29 is 8.78 Å². The molecule has 0 atom stereocenters. The van der Waals surface area contributed by atoms with E-state index in [0.29, 0.717) is 11.1 Å². The van der Waals surface area contributed by atoms with Crippen LogP contribution in [0.25, 0.3) is 54.9 Å². The number of rotatable bonds is 2. The van der Waals surface area contributed by atoms with Crippen molar-refractivity contribution in [1.82, 2.24) is 0 Å². The molecule has 1 aliphatic rings. The Balaban J connectivity index is 1.59. The Hall–Kier alpha value is -4.30. The lowest BCUT2D eigenvalue weighted by Crippen LogP contribution is -2.16. The van der Waals surface area contributed by atoms with Gasteiger partial charge in [0.15, 0.2) is 11.6 Å². The molecule has 0 saturated carbocycles. The molecule has 0 nitrogen and oxygen atoms in total. The Morgan fingerprint density at radius 1 is 0.459 bits per heavy atom. The third-order valence-corrected chi connectivity index (χ3v) is 7.99. The van der Waals surface area contributed by atoms with Crippen molar-refractivity contribution in [1.29, 1.82) is 0 Å². The predicted molar refractivity (Wildman–Crippen MR) is 150 cm³/mol. The monoisotopic (exact) mass is 482 g/mol. The highest BCUT2D eigenvalue weighted by Gasteiger charge is 2.37. The van der Waals surface area contributed by atoms with Crippen LogP contribution in [-0.4, -0.2) is 0 Å². The summed E-state index contributed by atoms with van der Waals surface area (Å²) in [5.41, 5.74) is 7.70. The van der Waals surface area contributed by atoms with E-state index in [9.17, 15) is 8.78 Å². The molecule has 2 heteroatoms. The van der Waals surface area contributed by atoms with Crippen LogP contribution in [0.3, 0.4) is 0 Å². The molecule has 0 bridgehead atoms. The summed E-state index contributed by atoms with van der Waals surface area (Å²) in [6.07, 6.45) is 0. The van der Waals surface area contributed by atoms with E-state index in [1.807, 2.05) is 36.4 Å². The van der Waals surface area contributed by atoms with Gasteiger partial charge in [0.05, 0.1) is 0 Å². The van der Waals surface area contributed by atoms with Gasteiger partial charge in [-0.3, -0.25) is 0 Å². The highest BCUT2D eigenvalue weighted by molar-refractivity contribution is 6.15. The molecule has 0 N–H and O–H groups in total. The molecule has 0 spiro atoms. The Kier molecular flexibility index (Phi) is 4.65. The average Bonchev–Trinajstić information content (AvgIpc) is 3.16. The molecule has 6 aromatic carbocycles. The fourth-order valence-electron chi connectivity index (χ4n) is 6.34. The van der Waals surface area contributed by atoms with Gasteiger partial charge in [-0.1, -0.05) is 105 Å². The van der Waals surface area contributed by atoms with Crippen LogP contribution in [0.5, 0.6) is 0 Å². The minimum Gasteiger partial charge on any atom is -0.204 e. The zero-order chi connectivity index (χ0) is 25.3. The van der Waals surface area contributed by atoms with Crippen molar-refractivity contribution in [3.05, 3.63) is 132 Å². The van der Waals surface area contributed by atoms with Gasteiger partial charge < -0.3 is 0 Å². The summed E-state index contributed by atoms with van der Waals surface area (Å²) in [6, 6.07) is 35.9. The van der Waals surface area contributed by atoms with E-state index in [1.54, 1.807) is 0 Å². The van der Waals surface area contributed by atoms with Crippen LogP contribution in [-0.2, 0) is 5.41 Å². The summed E-state index contributed by atoms with van der Waals surface area (Å²) >= 11 is 0. The molecule has 6 aromatic rings. The Morgan fingerprint density at radius 2 is 1.00 bits per heavy atom. The maximum Gasteiger partial charge on any atom is 0.159 e. The summed E-state index contributed by atoms with van der Waals surface area (Å²) in [4.78, 5) is 0. The van der Waals surface area contributed by atoms with Gasteiger partial charge in [-0.2, -0.15) is 0 Å².